The molecular weight excluding hydrogens is 333 g/mol. The van der Waals surface area contributed by atoms with Crippen molar-refractivity contribution in [3.63, 3.8) is 0 Å². The maximum atomic E-state index is 10.1. The van der Waals surface area contributed by atoms with Crippen LogP contribution in [0, 0.1) is 16.7 Å². The van der Waals surface area contributed by atoms with E-state index in [0.717, 1.165) is 18.8 Å². The predicted molar refractivity (Wildman–Crippen MR) is 78.8 cm³/mol. The second kappa shape index (κ2) is 18.6. The maximum absolute atomic E-state index is 10.1. The van der Waals surface area contributed by atoms with Gasteiger partial charge in [0.15, 0.2) is 0 Å². The fourth-order valence-electron chi connectivity index (χ4n) is 2.01. The second-order valence-corrected chi connectivity index (χ2v) is 5.70. The Bertz CT molecular complexity index is 325. The molecule has 0 amide bonds. The third kappa shape index (κ3) is 23.5. The zero-order valence-corrected chi connectivity index (χ0v) is 16.5. The largest absolute Gasteiger partial charge is 1.00 e. The molecule has 1 rings (SSSR count). The number of hydrogen-bond donors (Lipinski definition) is 3. The van der Waals surface area contributed by atoms with Crippen LogP contribution in [0.25, 0.3) is 0 Å². The summed E-state index contributed by atoms with van der Waals surface area (Å²) in [5.74, 6) is -0.938. The molecule has 10 heteroatoms. The Morgan fingerprint density at radius 3 is 1.96 bits per heavy atom. The summed E-state index contributed by atoms with van der Waals surface area (Å²) in [6, 6.07) is 0. The van der Waals surface area contributed by atoms with Gasteiger partial charge in [-0.1, -0.05) is 13.8 Å². The summed E-state index contributed by atoms with van der Waals surface area (Å²) in [5.41, 5.74) is 0. The topological polar surface area (TPSA) is 157 Å². The molecule has 0 heterocycles. The Hall–Kier alpha value is -0.740. The van der Waals surface area contributed by atoms with E-state index in [4.69, 9.17) is 25.5 Å². The fraction of sp³-hybridized carbons (Fsp3) is 0.857. The van der Waals surface area contributed by atoms with Gasteiger partial charge in [-0.3, -0.25) is 9.59 Å². The first-order valence-electron chi connectivity index (χ1n) is 7.46. The van der Waals surface area contributed by atoms with E-state index in [2.05, 4.69) is 11.9 Å². The first-order chi connectivity index (χ1) is 10.7. The van der Waals surface area contributed by atoms with Crippen LogP contribution < -0.4 is 34.8 Å². The monoisotopic (exact) mass is 359 g/mol. The minimum absolute atomic E-state index is 0. The third-order valence-corrected chi connectivity index (χ3v) is 3.39. The van der Waals surface area contributed by atoms with Crippen molar-refractivity contribution in [3.8, 4) is 0 Å². The second-order valence-electron chi connectivity index (χ2n) is 5.70. The third-order valence-electron chi connectivity index (χ3n) is 3.39. The van der Waals surface area contributed by atoms with Gasteiger partial charge in [-0.15, -0.1) is 4.91 Å². The average molecular weight is 359 g/mol. The van der Waals surface area contributed by atoms with Crippen molar-refractivity contribution >= 4 is 11.9 Å². The van der Waals surface area contributed by atoms with Gasteiger partial charge in [0.25, 0.3) is 0 Å². The van der Waals surface area contributed by atoms with Crippen molar-refractivity contribution < 1.29 is 64.7 Å². The van der Waals surface area contributed by atoms with Crippen molar-refractivity contribution in [3.05, 3.63) is 4.91 Å². The van der Waals surface area contributed by atoms with Crippen LogP contribution in [-0.4, -0.2) is 33.4 Å². The Labute approximate surface area is 163 Å². The number of carbonyl (C=O) groups is 2. The van der Waals surface area contributed by atoms with Gasteiger partial charge in [0.05, 0.1) is 6.10 Å². The van der Waals surface area contributed by atoms with Crippen LogP contribution >= 0.6 is 0 Å². The van der Waals surface area contributed by atoms with Gasteiger partial charge in [-0.05, 0) is 43.9 Å². The van der Waals surface area contributed by atoms with E-state index in [0.29, 0.717) is 6.42 Å². The summed E-state index contributed by atoms with van der Waals surface area (Å²) < 4.78 is 0. The Morgan fingerprint density at radius 2 is 1.67 bits per heavy atom. The first-order valence-corrected chi connectivity index (χ1v) is 7.46. The number of carboxylic acid groups (broad SMARTS) is 2. The van der Waals surface area contributed by atoms with Gasteiger partial charge in [-0.25, -0.2) is 0 Å². The zero-order valence-electron chi connectivity index (χ0n) is 14.5. The van der Waals surface area contributed by atoms with E-state index >= 15 is 0 Å². The van der Waals surface area contributed by atoms with E-state index in [-0.39, 0.29) is 54.4 Å². The normalized spacial score (nSPS) is 19.8. The van der Waals surface area contributed by atoms with Crippen LogP contribution in [0.5, 0.6) is 0 Å². The van der Waals surface area contributed by atoms with Crippen LogP contribution in [0.1, 0.15) is 58.8 Å². The molecule has 0 aliphatic heterocycles. The molecule has 0 radical (unpaired) electrons. The summed E-state index contributed by atoms with van der Waals surface area (Å²) in [5, 5.41) is 35.3. The molecule has 1 aliphatic carbocycles. The molecule has 1 atom stereocenters. The van der Waals surface area contributed by atoms with Crippen LogP contribution in [0.15, 0.2) is 5.34 Å². The van der Waals surface area contributed by atoms with E-state index in [9.17, 15) is 9.59 Å². The predicted octanol–water partition coefficient (Wildman–Crippen LogP) is -1.52. The maximum Gasteiger partial charge on any atom is 1.00 e. The smallest absolute Gasteiger partial charge is 0.635 e. The number of aliphatic hydroxyl groups is 1. The number of aliphatic hydroxyl groups excluding tert-OH is 1. The molecular formula is C14H26NNaO8. The molecule has 0 saturated heterocycles. The summed E-state index contributed by atoms with van der Waals surface area (Å²) >= 11 is 0. The Kier molecular flexibility index (Phi) is 21.8. The minimum Gasteiger partial charge on any atom is -0.635 e. The Morgan fingerprint density at radius 1 is 1.21 bits per heavy atom. The molecule has 0 aromatic carbocycles. The number of hydrogen-bond acceptors (Lipinski definition) is 7. The van der Waals surface area contributed by atoms with Crippen LogP contribution in [0.2, 0.25) is 0 Å². The van der Waals surface area contributed by atoms with Gasteiger partial charge in [0.1, 0.15) is 5.34 Å². The van der Waals surface area contributed by atoms with E-state index in [1.807, 2.05) is 0 Å². The SMILES string of the molecule is CC(CCC(=O)O)CC(=O)O.CC1CCC(O)CC1.O=NO[O-].[Na+]. The fourth-order valence-corrected chi connectivity index (χ4v) is 2.01. The van der Waals surface area contributed by atoms with Crippen LogP contribution in [-0.2, 0) is 14.6 Å². The standard InChI is InChI=1S/C7H12O4.C7H14O.HNO3.Na/c1-5(4-7(10)11)2-3-6(8)9;1-6-2-4-7(8)5-3-6;2-1-4-3;/h5H,2-4H2,1H3,(H,8,9)(H,10,11);6-8H,2-5H2,1H3;3H;/q;;;+1/p-1. The summed E-state index contributed by atoms with van der Waals surface area (Å²) in [6.07, 6.45) is 5.06. The molecule has 0 aromatic rings. The molecule has 136 valence electrons. The number of nitrogens with zero attached hydrogens (tertiary/aromatic N) is 1. The Balaban J connectivity index is -0.000000298. The molecule has 24 heavy (non-hydrogen) atoms. The molecule has 0 bridgehead atoms. The van der Waals surface area contributed by atoms with Crippen molar-refractivity contribution in [2.24, 2.45) is 17.2 Å². The van der Waals surface area contributed by atoms with Crippen molar-refractivity contribution in [2.45, 2.75) is 64.9 Å². The molecule has 1 fully saturated rings. The minimum atomic E-state index is -0.873. The molecule has 0 spiro atoms. The van der Waals surface area contributed by atoms with Crippen molar-refractivity contribution in [1.82, 2.24) is 0 Å². The van der Waals surface area contributed by atoms with Crippen molar-refractivity contribution in [1.29, 1.82) is 0 Å². The average Bonchev–Trinajstić information content (AvgIpc) is 2.48. The van der Waals surface area contributed by atoms with Crippen molar-refractivity contribution in [2.75, 3.05) is 0 Å². The van der Waals surface area contributed by atoms with E-state index < -0.39 is 11.9 Å². The van der Waals surface area contributed by atoms with Gasteiger partial charge in [-0.2, -0.15) is 0 Å². The summed E-state index contributed by atoms with van der Waals surface area (Å²) in [6.45, 7) is 3.99. The molecule has 1 saturated carbocycles. The van der Waals surface area contributed by atoms with Gasteiger partial charge in [0.2, 0.25) is 0 Å². The number of carboxylic acids is 2. The molecule has 1 unspecified atom stereocenters. The summed E-state index contributed by atoms with van der Waals surface area (Å²) in [4.78, 5) is 30.9. The molecule has 3 N–H and O–H groups in total. The van der Waals surface area contributed by atoms with E-state index in [1.54, 1.807) is 6.92 Å². The summed E-state index contributed by atoms with van der Waals surface area (Å²) in [7, 11) is 0. The molecule has 1 aliphatic rings. The van der Waals surface area contributed by atoms with Gasteiger partial charge in [0, 0.05) is 12.8 Å². The van der Waals surface area contributed by atoms with Crippen LogP contribution in [0.3, 0.4) is 0 Å². The van der Waals surface area contributed by atoms with Gasteiger partial charge >= 0.3 is 41.5 Å². The number of aliphatic carboxylic acids is 2. The molecule has 9 nitrogen and oxygen atoms in total. The van der Waals surface area contributed by atoms with E-state index in [1.165, 1.54) is 18.2 Å². The van der Waals surface area contributed by atoms with Gasteiger partial charge < -0.3 is 25.6 Å². The quantitative estimate of drug-likeness (QED) is 0.223. The molecule has 0 aromatic heterocycles. The zero-order chi connectivity index (χ0) is 18.3. The first kappa shape index (κ1) is 28.1. The number of rotatable bonds is 6. The van der Waals surface area contributed by atoms with Crippen LogP contribution in [0.4, 0.5) is 0 Å².